The van der Waals surface area contributed by atoms with Crippen LogP contribution in [0.15, 0.2) is 60.7 Å². The van der Waals surface area contributed by atoms with Crippen LogP contribution in [0.1, 0.15) is 18.9 Å². The van der Waals surface area contributed by atoms with Gasteiger partial charge in [-0.1, -0.05) is 48.6 Å². The molecule has 0 unspecified atom stereocenters. The minimum Gasteiger partial charge on any atom is -0.493 e. The van der Waals surface area contributed by atoms with Gasteiger partial charge in [0.15, 0.2) is 0 Å². The topological polar surface area (TPSA) is 21.3 Å². The molecule has 104 valence electrons. The maximum Gasteiger partial charge on any atom is 0.126 e. The zero-order valence-corrected chi connectivity index (χ0v) is 11.9. The molecule has 0 radical (unpaired) electrons. The van der Waals surface area contributed by atoms with Gasteiger partial charge in [0.1, 0.15) is 5.75 Å². The first-order valence-electron chi connectivity index (χ1n) is 7.03. The normalized spacial score (nSPS) is 10.7. The second-order valence-electron chi connectivity index (χ2n) is 4.53. The Balaban J connectivity index is 1.74. The van der Waals surface area contributed by atoms with E-state index in [0.29, 0.717) is 6.61 Å². The Bertz CT molecular complexity index is 534. The molecular formula is C18H21NO. The van der Waals surface area contributed by atoms with Gasteiger partial charge in [0, 0.05) is 17.8 Å². The maximum absolute atomic E-state index is 5.84. The molecule has 0 bridgehead atoms. The van der Waals surface area contributed by atoms with E-state index in [1.54, 1.807) is 0 Å². The SMILES string of the molecule is CC=Cc1ccccc1OCCCNc1ccccc1. The second-order valence-corrected chi connectivity index (χ2v) is 4.53. The summed E-state index contributed by atoms with van der Waals surface area (Å²) >= 11 is 0. The van der Waals surface area contributed by atoms with Gasteiger partial charge in [-0.2, -0.15) is 0 Å². The number of rotatable bonds is 7. The van der Waals surface area contributed by atoms with Gasteiger partial charge < -0.3 is 10.1 Å². The summed E-state index contributed by atoms with van der Waals surface area (Å²) in [7, 11) is 0. The minimum atomic E-state index is 0.717. The van der Waals surface area contributed by atoms with E-state index in [1.807, 2.05) is 49.4 Å². The number of anilines is 1. The average Bonchev–Trinajstić information content (AvgIpc) is 2.50. The van der Waals surface area contributed by atoms with E-state index >= 15 is 0 Å². The highest BCUT2D eigenvalue weighted by atomic mass is 16.5. The van der Waals surface area contributed by atoms with Gasteiger partial charge in [0.2, 0.25) is 0 Å². The number of hydrogen-bond donors (Lipinski definition) is 1. The summed E-state index contributed by atoms with van der Waals surface area (Å²) in [6.07, 6.45) is 5.07. The molecule has 0 heterocycles. The number of benzene rings is 2. The van der Waals surface area contributed by atoms with Crippen molar-refractivity contribution in [3.05, 3.63) is 66.2 Å². The highest BCUT2D eigenvalue weighted by molar-refractivity contribution is 5.56. The van der Waals surface area contributed by atoms with Crippen molar-refractivity contribution in [2.45, 2.75) is 13.3 Å². The third kappa shape index (κ3) is 4.47. The first-order chi connectivity index (χ1) is 9.90. The van der Waals surface area contributed by atoms with Crippen LogP contribution in [-0.2, 0) is 0 Å². The van der Waals surface area contributed by atoms with Crippen LogP contribution < -0.4 is 10.1 Å². The fraction of sp³-hybridized carbons (Fsp3) is 0.222. The first kappa shape index (κ1) is 14.2. The van der Waals surface area contributed by atoms with Gasteiger partial charge in [0.25, 0.3) is 0 Å². The Hall–Kier alpha value is -2.22. The molecule has 2 nitrogen and oxygen atoms in total. The van der Waals surface area contributed by atoms with Crippen molar-refractivity contribution in [1.29, 1.82) is 0 Å². The lowest BCUT2D eigenvalue weighted by atomic mass is 10.2. The molecule has 2 rings (SSSR count). The lowest BCUT2D eigenvalue weighted by Crippen LogP contribution is -2.07. The smallest absolute Gasteiger partial charge is 0.126 e. The van der Waals surface area contributed by atoms with Gasteiger partial charge >= 0.3 is 0 Å². The number of hydrogen-bond acceptors (Lipinski definition) is 2. The van der Waals surface area contributed by atoms with Gasteiger partial charge in [-0.15, -0.1) is 0 Å². The molecule has 2 heteroatoms. The van der Waals surface area contributed by atoms with E-state index in [9.17, 15) is 0 Å². The molecule has 0 saturated carbocycles. The van der Waals surface area contributed by atoms with E-state index in [2.05, 4.69) is 29.6 Å². The molecule has 2 aromatic rings. The Labute approximate surface area is 121 Å². The molecular weight excluding hydrogens is 246 g/mol. The number of nitrogens with one attached hydrogen (secondary N) is 1. The van der Waals surface area contributed by atoms with Gasteiger partial charge in [-0.3, -0.25) is 0 Å². The van der Waals surface area contributed by atoms with Gasteiger partial charge in [-0.25, -0.2) is 0 Å². The molecule has 0 aliphatic heterocycles. The van der Waals surface area contributed by atoms with Crippen molar-refractivity contribution < 1.29 is 4.74 Å². The Morgan fingerprint density at radius 2 is 1.75 bits per heavy atom. The molecule has 0 saturated heterocycles. The van der Waals surface area contributed by atoms with E-state index in [1.165, 1.54) is 0 Å². The van der Waals surface area contributed by atoms with E-state index in [-0.39, 0.29) is 0 Å². The summed E-state index contributed by atoms with van der Waals surface area (Å²) in [4.78, 5) is 0. The van der Waals surface area contributed by atoms with Crippen LogP contribution in [0.3, 0.4) is 0 Å². The molecule has 0 atom stereocenters. The molecule has 2 aromatic carbocycles. The van der Waals surface area contributed by atoms with Gasteiger partial charge in [-0.05, 0) is 31.5 Å². The molecule has 0 amide bonds. The van der Waals surface area contributed by atoms with Crippen LogP contribution in [0.2, 0.25) is 0 Å². The van der Waals surface area contributed by atoms with Crippen molar-refractivity contribution in [3.63, 3.8) is 0 Å². The zero-order valence-electron chi connectivity index (χ0n) is 11.9. The van der Waals surface area contributed by atoms with Crippen molar-refractivity contribution in [2.75, 3.05) is 18.5 Å². The number of ether oxygens (including phenoxy) is 1. The summed E-state index contributed by atoms with van der Waals surface area (Å²) in [5.41, 5.74) is 2.29. The van der Waals surface area contributed by atoms with Crippen LogP contribution in [0, 0.1) is 0 Å². The number of allylic oxidation sites excluding steroid dienone is 1. The van der Waals surface area contributed by atoms with E-state index in [4.69, 9.17) is 4.74 Å². The van der Waals surface area contributed by atoms with Crippen molar-refractivity contribution in [3.8, 4) is 5.75 Å². The van der Waals surface area contributed by atoms with E-state index < -0.39 is 0 Å². The van der Waals surface area contributed by atoms with E-state index in [0.717, 1.165) is 30.0 Å². The van der Waals surface area contributed by atoms with Crippen LogP contribution in [0.5, 0.6) is 5.75 Å². The predicted octanol–water partition coefficient (Wildman–Crippen LogP) is 4.60. The van der Waals surface area contributed by atoms with Crippen LogP contribution in [0.25, 0.3) is 6.08 Å². The summed E-state index contributed by atoms with van der Waals surface area (Å²) in [5.74, 6) is 0.949. The summed E-state index contributed by atoms with van der Waals surface area (Å²) in [6, 6.07) is 18.3. The highest BCUT2D eigenvalue weighted by Crippen LogP contribution is 2.19. The first-order valence-corrected chi connectivity index (χ1v) is 7.03. The Morgan fingerprint density at radius 3 is 2.55 bits per heavy atom. The Morgan fingerprint density at radius 1 is 1.00 bits per heavy atom. The standard InChI is InChI=1S/C18H21NO/c1-2-9-16-10-6-7-13-18(16)20-15-8-14-19-17-11-4-3-5-12-17/h2-7,9-13,19H,8,14-15H2,1H3. The molecule has 0 aliphatic carbocycles. The quantitative estimate of drug-likeness (QED) is 0.740. The third-order valence-electron chi connectivity index (χ3n) is 2.95. The summed E-state index contributed by atoms with van der Waals surface area (Å²) < 4.78 is 5.84. The molecule has 0 aromatic heterocycles. The monoisotopic (exact) mass is 267 g/mol. The number of para-hydroxylation sites is 2. The summed E-state index contributed by atoms with van der Waals surface area (Å²) in [6.45, 7) is 3.64. The molecule has 0 spiro atoms. The molecule has 0 fully saturated rings. The lowest BCUT2D eigenvalue weighted by Gasteiger charge is -2.10. The minimum absolute atomic E-state index is 0.717. The van der Waals surface area contributed by atoms with Crippen LogP contribution >= 0.6 is 0 Å². The van der Waals surface area contributed by atoms with Crippen molar-refractivity contribution in [1.82, 2.24) is 0 Å². The van der Waals surface area contributed by atoms with Crippen molar-refractivity contribution >= 4 is 11.8 Å². The largest absolute Gasteiger partial charge is 0.493 e. The summed E-state index contributed by atoms with van der Waals surface area (Å²) in [5, 5.41) is 3.38. The maximum atomic E-state index is 5.84. The predicted molar refractivity (Wildman–Crippen MR) is 86.2 cm³/mol. The molecule has 1 N–H and O–H groups in total. The molecule has 20 heavy (non-hydrogen) atoms. The second kappa shape index (κ2) is 8.05. The Kier molecular flexibility index (Phi) is 5.71. The van der Waals surface area contributed by atoms with Crippen molar-refractivity contribution in [2.24, 2.45) is 0 Å². The third-order valence-corrected chi connectivity index (χ3v) is 2.95. The van der Waals surface area contributed by atoms with Crippen LogP contribution in [-0.4, -0.2) is 13.2 Å². The fourth-order valence-corrected chi connectivity index (χ4v) is 1.97. The average molecular weight is 267 g/mol. The zero-order chi connectivity index (χ0) is 14.0. The lowest BCUT2D eigenvalue weighted by molar-refractivity contribution is 0.314. The van der Waals surface area contributed by atoms with Gasteiger partial charge in [0.05, 0.1) is 6.61 Å². The highest BCUT2D eigenvalue weighted by Gasteiger charge is 1.99. The molecule has 0 aliphatic rings. The fourth-order valence-electron chi connectivity index (χ4n) is 1.97. The van der Waals surface area contributed by atoms with Crippen LogP contribution in [0.4, 0.5) is 5.69 Å².